The van der Waals surface area contributed by atoms with Crippen LogP contribution in [0.25, 0.3) is 0 Å². The molecule has 2 aromatic carbocycles. The van der Waals surface area contributed by atoms with Gasteiger partial charge in [-0.1, -0.05) is 35.9 Å². The van der Waals surface area contributed by atoms with Crippen molar-refractivity contribution in [1.82, 2.24) is 10.2 Å². The number of likely N-dealkylation sites (tertiary alicyclic amines) is 1. The van der Waals surface area contributed by atoms with Gasteiger partial charge in [-0.3, -0.25) is 14.0 Å². The first kappa shape index (κ1) is 26.3. The van der Waals surface area contributed by atoms with Crippen molar-refractivity contribution in [2.75, 3.05) is 23.7 Å². The van der Waals surface area contributed by atoms with Gasteiger partial charge in [0.05, 0.1) is 22.5 Å². The largest absolute Gasteiger partial charge is 0.417 e. The number of carbonyl (C=O) groups excluding carboxylic acids is 1. The number of amides is 1. The van der Waals surface area contributed by atoms with Crippen LogP contribution in [-0.4, -0.2) is 44.6 Å². The zero-order valence-corrected chi connectivity index (χ0v) is 20.5. The predicted molar refractivity (Wildman–Crippen MR) is 126 cm³/mol. The SMILES string of the molecule is C[C@@H](C(=O)NCc1ccc(CN2CCCC2)cc1)N(c1ccc(Cl)c(C(F)(F)F)c1)S(C)(=O)=O. The van der Waals surface area contributed by atoms with Crippen LogP contribution in [0, 0.1) is 0 Å². The summed E-state index contributed by atoms with van der Waals surface area (Å²) in [5.74, 6) is -0.643. The standard InChI is InChI=1S/C23H27ClF3N3O3S/c1-16(30(34(2,32)33)19-9-10-21(24)20(13-19)23(25,26)27)22(31)28-14-17-5-7-18(8-6-17)15-29-11-3-4-12-29/h5-10,13,16H,3-4,11-12,14-15H2,1-2H3,(H,28,31)/t16-/m0/s1. The van der Waals surface area contributed by atoms with Gasteiger partial charge in [0.15, 0.2) is 0 Å². The molecule has 2 aromatic rings. The molecule has 1 atom stereocenters. The molecule has 1 saturated heterocycles. The minimum Gasteiger partial charge on any atom is -0.350 e. The van der Waals surface area contributed by atoms with E-state index in [0.29, 0.717) is 10.4 Å². The monoisotopic (exact) mass is 517 g/mol. The van der Waals surface area contributed by atoms with Crippen molar-refractivity contribution in [3.8, 4) is 0 Å². The molecule has 0 spiro atoms. The lowest BCUT2D eigenvalue weighted by atomic mass is 10.1. The van der Waals surface area contributed by atoms with Gasteiger partial charge in [0.25, 0.3) is 0 Å². The molecule has 1 N–H and O–H groups in total. The highest BCUT2D eigenvalue weighted by Gasteiger charge is 2.36. The van der Waals surface area contributed by atoms with E-state index in [0.717, 1.165) is 49.1 Å². The van der Waals surface area contributed by atoms with Crippen molar-refractivity contribution in [3.63, 3.8) is 0 Å². The zero-order valence-electron chi connectivity index (χ0n) is 18.9. The number of benzene rings is 2. The van der Waals surface area contributed by atoms with E-state index in [9.17, 15) is 26.4 Å². The van der Waals surface area contributed by atoms with Crippen molar-refractivity contribution in [1.29, 1.82) is 0 Å². The third-order valence-corrected chi connectivity index (χ3v) is 7.26. The normalized spacial score (nSPS) is 15.8. The Morgan fingerprint density at radius 2 is 1.71 bits per heavy atom. The van der Waals surface area contributed by atoms with Crippen LogP contribution in [0.4, 0.5) is 18.9 Å². The molecule has 1 amide bonds. The number of sulfonamides is 1. The van der Waals surface area contributed by atoms with Crippen molar-refractivity contribution >= 4 is 33.2 Å². The van der Waals surface area contributed by atoms with E-state index in [-0.39, 0.29) is 12.2 Å². The first-order valence-electron chi connectivity index (χ1n) is 10.8. The maximum absolute atomic E-state index is 13.3. The summed E-state index contributed by atoms with van der Waals surface area (Å²) in [6.45, 7) is 4.51. The lowest BCUT2D eigenvalue weighted by Crippen LogP contribution is -2.47. The molecule has 3 rings (SSSR count). The highest BCUT2D eigenvalue weighted by molar-refractivity contribution is 7.92. The van der Waals surface area contributed by atoms with Crippen molar-refractivity contribution in [2.45, 2.75) is 45.1 Å². The predicted octanol–water partition coefficient (Wildman–Crippen LogP) is 4.43. The van der Waals surface area contributed by atoms with Crippen LogP contribution >= 0.6 is 11.6 Å². The Kier molecular flexibility index (Phi) is 8.15. The van der Waals surface area contributed by atoms with Crippen LogP contribution in [0.15, 0.2) is 42.5 Å². The summed E-state index contributed by atoms with van der Waals surface area (Å²) >= 11 is 5.65. The van der Waals surface area contributed by atoms with Gasteiger partial charge in [-0.2, -0.15) is 13.2 Å². The highest BCUT2D eigenvalue weighted by atomic mass is 35.5. The molecule has 0 unspecified atom stereocenters. The molecule has 34 heavy (non-hydrogen) atoms. The van der Waals surface area contributed by atoms with E-state index in [1.165, 1.54) is 19.8 Å². The first-order valence-corrected chi connectivity index (χ1v) is 13.0. The van der Waals surface area contributed by atoms with Gasteiger partial charge in [0, 0.05) is 13.1 Å². The molecular formula is C23H27ClF3N3O3S. The lowest BCUT2D eigenvalue weighted by Gasteiger charge is -2.29. The van der Waals surface area contributed by atoms with Gasteiger partial charge < -0.3 is 5.32 Å². The molecule has 186 valence electrons. The number of alkyl halides is 3. The Hall–Kier alpha value is -2.30. The number of hydrogen-bond acceptors (Lipinski definition) is 4. The fraction of sp³-hybridized carbons (Fsp3) is 0.435. The molecule has 0 radical (unpaired) electrons. The second-order valence-electron chi connectivity index (χ2n) is 8.41. The van der Waals surface area contributed by atoms with E-state index in [1.54, 1.807) is 0 Å². The summed E-state index contributed by atoms with van der Waals surface area (Å²) in [5.41, 5.74) is 0.509. The van der Waals surface area contributed by atoms with E-state index in [1.807, 2.05) is 24.3 Å². The fourth-order valence-electron chi connectivity index (χ4n) is 3.97. The van der Waals surface area contributed by atoms with Crippen LogP contribution < -0.4 is 9.62 Å². The molecule has 0 aromatic heterocycles. The van der Waals surface area contributed by atoms with Crippen molar-refractivity contribution in [2.24, 2.45) is 0 Å². The Morgan fingerprint density at radius 3 is 2.26 bits per heavy atom. The second-order valence-corrected chi connectivity index (χ2v) is 10.7. The summed E-state index contributed by atoms with van der Waals surface area (Å²) in [6, 6.07) is 9.20. The Bertz CT molecular complexity index is 1120. The van der Waals surface area contributed by atoms with Gasteiger partial charge in [0.2, 0.25) is 15.9 Å². The molecule has 1 aliphatic rings. The van der Waals surface area contributed by atoms with Gasteiger partial charge in [-0.05, 0) is 62.2 Å². The minimum absolute atomic E-state index is 0.152. The lowest BCUT2D eigenvalue weighted by molar-refractivity contribution is -0.137. The summed E-state index contributed by atoms with van der Waals surface area (Å²) in [7, 11) is -4.08. The van der Waals surface area contributed by atoms with E-state index < -0.39 is 38.7 Å². The minimum atomic E-state index is -4.78. The number of nitrogens with one attached hydrogen (secondary N) is 1. The summed E-state index contributed by atoms with van der Waals surface area (Å²) < 4.78 is 65.3. The number of halogens is 4. The first-order chi connectivity index (χ1) is 15.9. The van der Waals surface area contributed by atoms with Crippen LogP contribution in [0.1, 0.15) is 36.5 Å². The van der Waals surface area contributed by atoms with Crippen molar-refractivity contribution < 1.29 is 26.4 Å². The average Bonchev–Trinajstić information content (AvgIpc) is 3.25. The molecule has 0 aliphatic carbocycles. The summed E-state index contributed by atoms with van der Waals surface area (Å²) in [5, 5.41) is 2.11. The van der Waals surface area contributed by atoms with E-state index >= 15 is 0 Å². The average molecular weight is 518 g/mol. The third-order valence-electron chi connectivity index (χ3n) is 5.69. The third kappa shape index (κ3) is 6.64. The molecule has 1 aliphatic heterocycles. The van der Waals surface area contributed by atoms with E-state index in [4.69, 9.17) is 11.6 Å². The fourth-order valence-corrected chi connectivity index (χ4v) is 5.37. The van der Waals surface area contributed by atoms with Gasteiger partial charge >= 0.3 is 6.18 Å². The van der Waals surface area contributed by atoms with Crippen LogP contribution in [0.2, 0.25) is 5.02 Å². The Balaban J connectivity index is 1.70. The molecule has 1 fully saturated rings. The number of rotatable bonds is 8. The maximum atomic E-state index is 13.3. The number of nitrogens with zero attached hydrogens (tertiary/aromatic N) is 2. The Morgan fingerprint density at radius 1 is 1.12 bits per heavy atom. The molecule has 1 heterocycles. The number of hydrogen-bond donors (Lipinski definition) is 1. The van der Waals surface area contributed by atoms with E-state index in [2.05, 4.69) is 10.2 Å². The highest BCUT2D eigenvalue weighted by Crippen LogP contribution is 2.37. The Labute approximate surface area is 202 Å². The molecule has 0 saturated carbocycles. The van der Waals surface area contributed by atoms with Crippen molar-refractivity contribution in [3.05, 3.63) is 64.2 Å². The van der Waals surface area contributed by atoms with Crippen LogP contribution in [0.5, 0.6) is 0 Å². The second kappa shape index (κ2) is 10.5. The maximum Gasteiger partial charge on any atom is 0.417 e. The molecular weight excluding hydrogens is 491 g/mol. The smallest absolute Gasteiger partial charge is 0.350 e. The number of anilines is 1. The zero-order chi connectivity index (χ0) is 25.1. The number of carbonyl (C=O) groups is 1. The van der Waals surface area contributed by atoms with Gasteiger partial charge in [-0.15, -0.1) is 0 Å². The molecule has 11 heteroatoms. The van der Waals surface area contributed by atoms with Gasteiger partial charge in [-0.25, -0.2) is 8.42 Å². The van der Waals surface area contributed by atoms with Crippen LogP contribution in [-0.2, 0) is 34.1 Å². The van der Waals surface area contributed by atoms with Crippen LogP contribution in [0.3, 0.4) is 0 Å². The topological polar surface area (TPSA) is 69.7 Å². The quantitative estimate of drug-likeness (QED) is 0.562. The summed E-state index contributed by atoms with van der Waals surface area (Å²) in [6.07, 6.45) is -1.53. The molecule has 0 bridgehead atoms. The summed E-state index contributed by atoms with van der Waals surface area (Å²) in [4.78, 5) is 15.1. The molecule has 6 nitrogen and oxygen atoms in total. The van der Waals surface area contributed by atoms with Gasteiger partial charge in [0.1, 0.15) is 6.04 Å².